The fourth-order valence-corrected chi connectivity index (χ4v) is 3.45. The number of halogens is 2. The van der Waals surface area contributed by atoms with Crippen molar-refractivity contribution in [3.8, 4) is 0 Å². The van der Waals surface area contributed by atoms with Crippen LogP contribution >= 0.6 is 0 Å². The van der Waals surface area contributed by atoms with Gasteiger partial charge in [0.05, 0.1) is 12.2 Å². The predicted octanol–water partition coefficient (Wildman–Crippen LogP) is 3.90. The van der Waals surface area contributed by atoms with E-state index in [0.29, 0.717) is 17.9 Å². The zero-order chi connectivity index (χ0) is 24.2. The zero-order valence-corrected chi connectivity index (χ0v) is 18.7. The molecule has 2 heterocycles. The summed E-state index contributed by atoms with van der Waals surface area (Å²) in [6.45, 7) is 5.15. The Labute approximate surface area is 191 Å². The first-order chi connectivity index (χ1) is 15.6. The van der Waals surface area contributed by atoms with Crippen molar-refractivity contribution in [2.24, 2.45) is 11.5 Å². The molecule has 8 nitrogen and oxygen atoms in total. The molecule has 1 aliphatic rings. The molecule has 1 atom stereocenters. The van der Waals surface area contributed by atoms with Crippen LogP contribution in [0.2, 0.25) is 0 Å². The van der Waals surface area contributed by atoms with Crippen molar-refractivity contribution in [3.05, 3.63) is 60.2 Å². The third-order valence-corrected chi connectivity index (χ3v) is 5.35. The Morgan fingerprint density at radius 3 is 2.85 bits per heavy atom. The number of benzene rings is 1. The highest BCUT2D eigenvalue weighted by molar-refractivity contribution is 5.96. The maximum atomic E-state index is 13.7. The van der Waals surface area contributed by atoms with E-state index in [1.807, 2.05) is 36.3 Å². The third kappa shape index (κ3) is 6.04. The average Bonchev–Trinajstić information content (AvgIpc) is 2.73. The summed E-state index contributed by atoms with van der Waals surface area (Å²) >= 11 is 0. The van der Waals surface area contributed by atoms with Gasteiger partial charge < -0.3 is 27.0 Å². The van der Waals surface area contributed by atoms with Gasteiger partial charge in [-0.1, -0.05) is 12.7 Å². The topological polar surface area (TPSA) is 122 Å². The summed E-state index contributed by atoms with van der Waals surface area (Å²) in [6, 6.07) is 4.61. The fourth-order valence-electron chi connectivity index (χ4n) is 3.45. The van der Waals surface area contributed by atoms with Crippen LogP contribution in [-0.2, 0) is 6.42 Å². The predicted molar refractivity (Wildman–Crippen MR) is 127 cm³/mol. The van der Waals surface area contributed by atoms with Gasteiger partial charge in [0.1, 0.15) is 0 Å². The number of amides is 1. The van der Waals surface area contributed by atoms with E-state index in [1.54, 1.807) is 0 Å². The molecular formula is C23H29F2N7O. The number of rotatable bonds is 10. The molecule has 0 aliphatic carbocycles. The quantitative estimate of drug-likeness (QED) is 0.427. The lowest BCUT2D eigenvalue weighted by Gasteiger charge is -2.23. The summed E-state index contributed by atoms with van der Waals surface area (Å²) in [7, 11) is 1.97. The summed E-state index contributed by atoms with van der Waals surface area (Å²) in [5.74, 6) is -3.16. The molecule has 1 amide bonds. The van der Waals surface area contributed by atoms with Crippen LogP contribution in [-0.4, -0.2) is 34.9 Å². The Bertz CT molecular complexity index is 1070. The minimum absolute atomic E-state index is 0.0162. The second-order valence-electron chi connectivity index (χ2n) is 8.12. The van der Waals surface area contributed by atoms with Crippen molar-refractivity contribution in [1.82, 2.24) is 9.97 Å². The van der Waals surface area contributed by atoms with Crippen LogP contribution in [0.25, 0.3) is 0 Å². The summed E-state index contributed by atoms with van der Waals surface area (Å²) in [6.07, 6.45) is 6.36. The number of carbonyl (C=O) groups excluding carboxylic acids is 1. The monoisotopic (exact) mass is 457 g/mol. The molecule has 0 unspecified atom stereocenters. The van der Waals surface area contributed by atoms with Gasteiger partial charge >= 0.3 is 0 Å². The minimum Gasteiger partial charge on any atom is -0.364 e. The molecule has 0 radical (unpaired) electrons. The van der Waals surface area contributed by atoms with E-state index < -0.39 is 17.9 Å². The molecule has 0 saturated heterocycles. The van der Waals surface area contributed by atoms with Gasteiger partial charge in [-0.25, -0.2) is 18.7 Å². The summed E-state index contributed by atoms with van der Waals surface area (Å²) in [5, 5.41) is 6.06. The molecule has 2 aromatic rings. The first-order valence-corrected chi connectivity index (χ1v) is 10.6. The normalized spacial score (nSPS) is 13.9. The number of allylic oxidation sites excluding steroid dienone is 2. The van der Waals surface area contributed by atoms with E-state index >= 15 is 0 Å². The van der Waals surface area contributed by atoms with Crippen LogP contribution in [0.3, 0.4) is 0 Å². The largest absolute Gasteiger partial charge is 0.364 e. The van der Waals surface area contributed by atoms with E-state index in [0.717, 1.165) is 23.4 Å². The molecular weight excluding hydrogens is 428 g/mol. The molecule has 33 heavy (non-hydrogen) atoms. The van der Waals surface area contributed by atoms with Crippen molar-refractivity contribution < 1.29 is 13.6 Å². The Hall–Kier alpha value is -3.53. The second-order valence-corrected chi connectivity index (χ2v) is 8.12. The Kier molecular flexibility index (Phi) is 7.27. The van der Waals surface area contributed by atoms with Gasteiger partial charge in [0, 0.05) is 36.7 Å². The van der Waals surface area contributed by atoms with Crippen LogP contribution in [0, 0.1) is 0 Å². The minimum atomic E-state index is -2.93. The molecule has 10 heteroatoms. The van der Waals surface area contributed by atoms with Crippen LogP contribution < -0.4 is 27.0 Å². The van der Waals surface area contributed by atoms with Gasteiger partial charge in [-0.05, 0) is 49.9 Å². The molecule has 1 aliphatic heterocycles. The van der Waals surface area contributed by atoms with E-state index in [2.05, 4.69) is 33.3 Å². The van der Waals surface area contributed by atoms with Crippen LogP contribution in [0.1, 0.15) is 42.2 Å². The van der Waals surface area contributed by atoms with Gasteiger partial charge in [0.25, 0.3) is 11.8 Å². The molecule has 0 saturated carbocycles. The molecule has 0 spiro atoms. The summed E-state index contributed by atoms with van der Waals surface area (Å²) < 4.78 is 27.3. The molecule has 3 rings (SSSR count). The van der Waals surface area contributed by atoms with Gasteiger partial charge in [-0.15, -0.1) is 0 Å². The number of nitrogens with one attached hydrogen (secondary N) is 2. The first kappa shape index (κ1) is 24.1. The number of hydrogen-bond acceptors (Lipinski definition) is 7. The number of anilines is 4. The van der Waals surface area contributed by atoms with E-state index in [-0.39, 0.29) is 24.4 Å². The van der Waals surface area contributed by atoms with Crippen molar-refractivity contribution in [2.45, 2.75) is 44.6 Å². The van der Waals surface area contributed by atoms with Gasteiger partial charge in [-0.2, -0.15) is 0 Å². The van der Waals surface area contributed by atoms with Gasteiger partial charge in [-0.3, -0.25) is 4.79 Å². The molecule has 176 valence electrons. The van der Waals surface area contributed by atoms with Gasteiger partial charge in [0.15, 0.2) is 17.3 Å². The number of hydrogen-bond donors (Lipinski definition) is 4. The van der Waals surface area contributed by atoms with Crippen molar-refractivity contribution in [3.63, 3.8) is 0 Å². The highest BCUT2D eigenvalue weighted by Gasteiger charge is 2.32. The van der Waals surface area contributed by atoms with Crippen molar-refractivity contribution in [2.75, 3.05) is 22.6 Å². The lowest BCUT2D eigenvalue weighted by molar-refractivity contribution is -0.0292. The fraction of sp³-hybridized carbons (Fsp3) is 0.348. The molecule has 0 bridgehead atoms. The summed E-state index contributed by atoms with van der Waals surface area (Å²) in [4.78, 5) is 22.4. The van der Waals surface area contributed by atoms with Crippen molar-refractivity contribution in [1.29, 1.82) is 0 Å². The van der Waals surface area contributed by atoms with E-state index in [9.17, 15) is 13.6 Å². The molecule has 0 fully saturated rings. The second kappa shape index (κ2) is 9.95. The maximum Gasteiger partial charge on any atom is 0.271 e. The van der Waals surface area contributed by atoms with Crippen LogP contribution in [0.5, 0.6) is 0 Å². The number of alkyl halides is 2. The average molecular weight is 458 g/mol. The van der Waals surface area contributed by atoms with Crippen LogP contribution in [0.15, 0.2) is 48.9 Å². The van der Waals surface area contributed by atoms with Crippen molar-refractivity contribution >= 4 is 28.9 Å². The maximum absolute atomic E-state index is 13.7. The zero-order valence-electron chi connectivity index (χ0n) is 18.7. The Morgan fingerprint density at radius 1 is 1.39 bits per heavy atom. The highest BCUT2D eigenvalue weighted by atomic mass is 19.3. The lowest BCUT2D eigenvalue weighted by Crippen LogP contribution is -2.38. The number of aromatic nitrogens is 2. The number of primary amides is 1. The number of fused-ring (bicyclic) bond motifs is 1. The number of carbonyl (C=O) groups is 1. The standard InChI is InChI=1S/C23H29F2N7O/c1-14(6-4-10-23(24,25)15(2)26)29-19-13-28-20(21(27)33)22(31-19)30-17-8-9-18-16(12-17)7-5-11-32(18)3/h5,8-9,11-13,15H,1,4,6-7,10,26H2,2-3H3,(H2,27,33)(H2,29,30,31)/t15-/m1/s1. The molecule has 6 N–H and O–H groups in total. The highest BCUT2D eigenvalue weighted by Crippen LogP contribution is 2.30. The SMILES string of the molecule is C=C(CCCC(F)(F)[C@@H](C)N)Nc1cnc(C(N)=O)c(Nc2ccc3c(c2)CC=CN3C)n1. The third-order valence-electron chi connectivity index (χ3n) is 5.35. The molecule has 1 aromatic carbocycles. The van der Waals surface area contributed by atoms with Gasteiger partial charge in [0.2, 0.25) is 0 Å². The number of nitrogens with two attached hydrogens (primary N) is 2. The van der Waals surface area contributed by atoms with E-state index in [1.165, 1.54) is 13.1 Å². The van der Waals surface area contributed by atoms with E-state index in [4.69, 9.17) is 11.5 Å². The smallest absolute Gasteiger partial charge is 0.271 e. The number of nitrogens with zero attached hydrogens (tertiary/aromatic N) is 3. The van der Waals surface area contributed by atoms with Crippen LogP contribution in [0.4, 0.5) is 31.8 Å². The Morgan fingerprint density at radius 2 is 2.15 bits per heavy atom. The lowest BCUT2D eigenvalue weighted by atomic mass is 10.0. The Balaban J connectivity index is 1.71. The first-order valence-electron chi connectivity index (χ1n) is 10.6. The molecule has 1 aromatic heterocycles. The summed E-state index contributed by atoms with van der Waals surface area (Å²) in [5.41, 5.74) is 14.2.